The number of hydrogen-bond acceptors (Lipinski definition) is 3. The van der Waals surface area contributed by atoms with Crippen LogP contribution >= 0.6 is 0 Å². The predicted molar refractivity (Wildman–Crippen MR) is 50.5 cm³/mol. The molecule has 3 rings (SSSR count). The quantitative estimate of drug-likeness (QED) is 0.642. The maximum atomic E-state index is 11.1. The van der Waals surface area contributed by atoms with E-state index in [9.17, 15) is 4.79 Å². The van der Waals surface area contributed by atoms with E-state index in [0.29, 0.717) is 18.0 Å². The van der Waals surface area contributed by atoms with Gasteiger partial charge in [0.25, 0.3) is 0 Å². The topological polar surface area (TPSA) is 50.4 Å². The zero-order valence-corrected chi connectivity index (χ0v) is 7.33. The molecule has 1 aromatic carbocycles. The Labute approximate surface area is 80.6 Å². The Morgan fingerprint density at radius 1 is 1.21 bits per heavy atom. The van der Waals surface area contributed by atoms with Crippen molar-refractivity contribution in [2.45, 2.75) is 6.42 Å². The van der Waals surface area contributed by atoms with Crippen molar-refractivity contribution < 1.29 is 9.53 Å². The molecule has 70 valence electrons. The Hall–Kier alpha value is -1.97. The number of amides is 1. The third-order valence-electron chi connectivity index (χ3n) is 2.24. The monoisotopic (exact) mass is 188 g/mol. The molecule has 1 aromatic rings. The van der Waals surface area contributed by atoms with Crippen LogP contribution in [0.15, 0.2) is 35.8 Å². The van der Waals surface area contributed by atoms with E-state index in [1.165, 1.54) is 0 Å². The largest absolute Gasteiger partial charge is 0.455 e. The molecule has 0 saturated heterocycles. The van der Waals surface area contributed by atoms with Crippen molar-refractivity contribution in [1.82, 2.24) is 5.32 Å². The average molecular weight is 188 g/mol. The molecular formula is C10H8N2O2. The second kappa shape index (κ2) is 2.51. The van der Waals surface area contributed by atoms with Gasteiger partial charge >= 0.3 is 0 Å². The molecule has 2 heterocycles. The average Bonchev–Trinajstić information content (AvgIpc) is 2.53. The summed E-state index contributed by atoms with van der Waals surface area (Å²) >= 11 is 0. The Morgan fingerprint density at radius 3 is 3.00 bits per heavy atom. The molecule has 1 amide bonds. The molecule has 0 bridgehead atoms. The molecule has 0 atom stereocenters. The zero-order chi connectivity index (χ0) is 9.54. The molecule has 0 saturated carbocycles. The number of carbonyl (C=O) groups excluding carboxylic acids is 1. The highest BCUT2D eigenvalue weighted by molar-refractivity contribution is 5.85. The number of benzene rings is 1. The van der Waals surface area contributed by atoms with Crippen LogP contribution in [0.25, 0.3) is 0 Å². The summed E-state index contributed by atoms with van der Waals surface area (Å²) in [5.41, 5.74) is 0.883. The molecule has 0 radical (unpaired) electrons. The van der Waals surface area contributed by atoms with Gasteiger partial charge in [-0.05, 0) is 12.1 Å². The van der Waals surface area contributed by atoms with Crippen molar-refractivity contribution in [1.29, 1.82) is 0 Å². The first-order chi connectivity index (χ1) is 6.83. The summed E-state index contributed by atoms with van der Waals surface area (Å²) in [6.45, 7) is 0. The van der Waals surface area contributed by atoms with Crippen LogP contribution in [-0.2, 0) is 4.79 Å². The van der Waals surface area contributed by atoms with E-state index in [0.717, 1.165) is 11.4 Å². The number of para-hydroxylation sites is 2. The van der Waals surface area contributed by atoms with Crippen molar-refractivity contribution in [3.8, 4) is 5.75 Å². The Bertz CT molecular complexity index is 412. The fourth-order valence-electron chi connectivity index (χ4n) is 1.60. The zero-order valence-electron chi connectivity index (χ0n) is 7.33. The number of hydrogen-bond donors (Lipinski definition) is 2. The lowest BCUT2D eigenvalue weighted by molar-refractivity contribution is -0.119. The van der Waals surface area contributed by atoms with Gasteiger partial charge in [-0.1, -0.05) is 12.1 Å². The third kappa shape index (κ3) is 0.970. The Kier molecular flexibility index (Phi) is 1.33. The lowest BCUT2D eigenvalue weighted by Gasteiger charge is -2.19. The van der Waals surface area contributed by atoms with Gasteiger partial charge in [-0.15, -0.1) is 0 Å². The van der Waals surface area contributed by atoms with Crippen LogP contribution < -0.4 is 15.4 Å². The standard InChI is InChI=1S/C10H8N2O2/c13-9-5-8-10(12-9)11-6-3-1-2-4-7(6)14-8/h1-4,11H,5H2,(H,12,13). The van der Waals surface area contributed by atoms with Gasteiger partial charge in [0.2, 0.25) is 5.91 Å². The minimum atomic E-state index is -0.0321. The van der Waals surface area contributed by atoms with Crippen LogP contribution in [-0.4, -0.2) is 5.91 Å². The summed E-state index contributed by atoms with van der Waals surface area (Å²) < 4.78 is 5.56. The molecule has 2 N–H and O–H groups in total. The minimum Gasteiger partial charge on any atom is -0.455 e. The maximum absolute atomic E-state index is 11.1. The van der Waals surface area contributed by atoms with Crippen molar-refractivity contribution in [2.24, 2.45) is 0 Å². The van der Waals surface area contributed by atoms with Gasteiger partial charge in [0.05, 0.1) is 12.1 Å². The summed E-state index contributed by atoms with van der Waals surface area (Å²) in [5.74, 6) is 2.08. The van der Waals surface area contributed by atoms with Crippen LogP contribution in [0.3, 0.4) is 0 Å². The fraction of sp³-hybridized carbons (Fsp3) is 0.100. The van der Waals surface area contributed by atoms with Crippen molar-refractivity contribution in [2.75, 3.05) is 5.32 Å². The van der Waals surface area contributed by atoms with Gasteiger partial charge < -0.3 is 15.4 Å². The van der Waals surface area contributed by atoms with Gasteiger partial charge in [0.15, 0.2) is 17.3 Å². The smallest absolute Gasteiger partial charge is 0.233 e. The molecule has 14 heavy (non-hydrogen) atoms. The van der Waals surface area contributed by atoms with E-state index in [2.05, 4.69) is 10.6 Å². The van der Waals surface area contributed by atoms with E-state index < -0.39 is 0 Å². The molecule has 2 aliphatic heterocycles. The van der Waals surface area contributed by atoms with Gasteiger partial charge in [-0.3, -0.25) is 4.79 Å². The van der Waals surface area contributed by atoms with Crippen LogP contribution in [0.2, 0.25) is 0 Å². The number of carbonyl (C=O) groups is 1. The molecular weight excluding hydrogens is 180 g/mol. The predicted octanol–water partition coefficient (Wildman–Crippen LogP) is 1.18. The van der Waals surface area contributed by atoms with Crippen LogP contribution in [0.1, 0.15) is 6.42 Å². The second-order valence-corrected chi connectivity index (χ2v) is 3.25. The van der Waals surface area contributed by atoms with E-state index >= 15 is 0 Å². The van der Waals surface area contributed by atoms with E-state index in [1.54, 1.807) is 0 Å². The highest BCUT2D eigenvalue weighted by Gasteiger charge is 2.27. The Morgan fingerprint density at radius 2 is 2.07 bits per heavy atom. The summed E-state index contributed by atoms with van der Waals surface area (Å²) in [5, 5.41) is 5.81. The van der Waals surface area contributed by atoms with Crippen LogP contribution in [0.4, 0.5) is 5.69 Å². The van der Waals surface area contributed by atoms with Crippen molar-refractivity contribution in [3.05, 3.63) is 35.8 Å². The van der Waals surface area contributed by atoms with E-state index in [1.807, 2.05) is 24.3 Å². The van der Waals surface area contributed by atoms with Crippen molar-refractivity contribution >= 4 is 11.6 Å². The van der Waals surface area contributed by atoms with E-state index in [4.69, 9.17) is 4.74 Å². The number of nitrogens with one attached hydrogen (secondary N) is 2. The van der Waals surface area contributed by atoms with Gasteiger partial charge in [-0.2, -0.15) is 0 Å². The van der Waals surface area contributed by atoms with Crippen LogP contribution in [0.5, 0.6) is 5.75 Å². The molecule has 0 aliphatic carbocycles. The SMILES string of the molecule is O=C1CC2=C(N1)Nc1ccccc1O2. The first-order valence-electron chi connectivity index (χ1n) is 4.40. The third-order valence-corrected chi connectivity index (χ3v) is 2.24. The molecule has 0 aromatic heterocycles. The summed E-state index contributed by atoms with van der Waals surface area (Å²) in [4.78, 5) is 11.1. The molecule has 0 spiro atoms. The van der Waals surface area contributed by atoms with Crippen LogP contribution in [0, 0.1) is 0 Å². The normalized spacial score (nSPS) is 17.9. The first-order valence-corrected chi connectivity index (χ1v) is 4.40. The van der Waals surface area contributed by atoms with Gasteiger partial charge in [-0.25, -0.2) is 0 Å². The lowest BCUT2D eigenvalue weighted by Crippen LogP contribution is -2.21. The Balaban J connectivity index is 2.01. The van der Waals surface area contributed by atoms with E-state index in [-0.39, 0.29) is 5.91 Å². The number of anilines is 1. The number of rotatable bonds is 0. The van der Waals surface area contributed by atoms with Gasteiger partial charge in [0.1, 0.15) is 0 Å². The first kappa shape index (κ1) is 7.44. The summed E-state index contributed by atoms with van der Waals surface area (Å²) in [7, 11) is 0. The summed E-state index contributed by atoms with van der Waals surface area (Å²) in [6, 6.07) is 7.59. The maximum Gasteiger partial charge on any atom is 0.233 e. The fourth-order valence-corrected chi connectivity index (χ4v) is 1.60. The minimum absolute atomic E-state index is 0.0321. The number of fused-ring (bicyclic) bond motifs is 1. The highest BCUT2D eigenvalue weighted by Crippen LogP contribution is 2.33. The molecule has 4 nitrogen and oxygen atoms in total. The molecule has 0 unspecified atom stereocenters. The molecule has 4 heteroatoms. The van der Waals surface area contributed by atoms with Crippen molar-refractivity contribution in [3.63, 3.8) is 0 Å². The molecule has 0 fully saturated rings. The number of ether oxygens (including phenoxy) is 1. The lowest BCUT2D eigenvalue weighted by atomic mass is 10.2. The second-order valence-electron chi connectivity index (χ2n) is 3.25. The summed E-state index contributed by atoms with van der Waals surface area (Å²) in [6.07, 6.45) is 0.316. The highest BCUT2D eigenvalue weighted by atomic mass is 16.5. The molecule has 2 aliphatic rings. The van der Waals surface area contributed by atoms with Gasteiger partial charge in [0, 0.05) is 0 Å².